The summed E-state index contributed by atoms with van der Waals surface area (Å²) in [6.07, 6.45) is 1.46. The molecule has 0 aliphatic carbocycles. The number of benzene rings is 3. The third-order valence-electron chi connectivity index (χ3n) is 5.21. The van der Waals surface area contributed by atoms with Crippen LogP contribution in [-0.4, -0.2) is 26.0 Å². The Kier molecular flexibility index (Phi) is 5.65. The van der Waals surface area contributed by atoms with E-state index in [0.29, 0.717) is 24.2 Å². The van der Waals surface area contributed by atoms with Crippen LogP contribution < -0.4 is 9.62 Å². The van der Waals surface area contributed by atoms with Gasteiger partial charge in [0, 0.05) is 18.7 Å². The monoisotopic (exact) mass is 440 g/mol. The highest BCUT2D eigenvalue weighted by Gasteiger charge is 2.29. The first kappa shape index (κ1) is 20.9. The van der Waals surface area contributed by atoms with Gasteiger partial charge >= 0.3 is 0 Å². The van der Waals surface area contributed by atoms with Crippen LogP contribution in [0.3, 0.4) is 0 Å². The van der Waals surface area contributed by atoms with Gasteiger partial charge in [0.15, 0.2) is 0 Å². The molecule has 1 aliphatic heterocycles. The Morgan fingerprint density at radius 2 is 1.74 bits per heavy atom. The zero-order valence-electron chi connectivity index (χ0n) is 16.6. The Labute approximate surface area is 180 Å². The van der Waals surface area contributed by atoms with Gasteiger partial charge in [-0.25, -0.2) is 12.8 Å². The van der Waals surface area contributed by atoms with E-state index in [4.69, 9.17) is 0 Å². The van der Waals surface area contributed by atoms with Crippen molar-refractivity contribution in [3.05, 3.63) is 89.2 Å². The first-order valence-corrected chi connectivity index (χ1v) is 11.3. The van der Waals surface area contributed by atoms with Crippen LogP contribution in [0.1, 0.15) is 27.9 Å². The van der Waals surface area contributed by atoms with Gasteiger partial charge in [-0.2, -0.15) is 0 Å². The average molecular weight is 440 g/mol. The van der Waals surface area contributed by atoms with E-state index in [1.54, 1.807) is 6.07 Å². The fourth-order valence-electron chi connectivity index (χ4n) is 3.58. The van der Waals surface area contributed by atoms with Crippen molar-refractivity contribution >= 4 is 21.6 Å². The second-order valence-electron chi connectivity index (χ2n) is 7.33. The van der Waals surface area contributed by atoms with Crippen LogP contribution in [0.2, 0.25) is 0 Å². The van der Waals surface area contributed by atoms with Gasteiger partial charge in [0.25, 0.3) is 15.9 Å². The average Bonchev–Trinajstić information content (AvgIpc) is 2.77. The van der Waals surface area contributed by atoms with Gasteiger partial charge < -0.3 is 10.4 Å². The van der Waals surface area contributed by atoms with Gasteiger partial charge in [0.1, 0.15) is 11.6 Å². The number of amides is 1. The topological polar surface area (TPSA) is 86.7 Å². The Morgan fingerprint density at radius 3 is 2.45 bits per heavy atom. The summed E-state index contributed by atoms with van der Waals surface area (Å²) in [7, 11) is -3.79. The number of halogens is 1. The molecular weight excluding hydrogens is 419 g/mol. The normalized spacial score (nSPS) is 13.5. The van der Waals surface area contributed by atoms with E-state index in [1.807, 2.05) is 12.1 Å². The van der Waals surface area contributed by atoms with Crippen LogP contribution in [0.25, 0.3) is 0 Å². The highest BCUT2D eigenvalue weighted by Crippen LogP contribution is 2.33. The minimum absolute atomic E-state index is 0.00261. The lowest BCUT2D eigenvalue weighted by Crippen LogP contribution is -2.35. The number of rotatable bonds is 5. The number of nitrogens with zero attached hydrogens (tertiary/aromatic N) is 1. The van der Waals surface area contributed by atoms with E-state index < -0.39 is 15.8 Å². The smallest absolute Gasteiger partial charge is 0.264 e. The Balaban J connectivity index is 1.57. The molecule has 1 aliphatic rings. The van der Waals surface area contributed by atoms with Gasteiger partial charge in [0.05, 0.1) is 10.6 Å². The number of hydrogen-bond acceptors (Lipinski definition) is 4. The predicted octanol–water partition coefficient (Wildman–Crippen LogP) is 3.60. The molecule has 0 saturated heterocycles. The number of carbonyl (C=O) groups excluding carboxylic acids is 1. The number of sulfonamides is 1. The van der Waals surface area contributed by atoms with Crippen LogP contribution >= 0.6 is 0 Å². The van der Waals surface area contributed by atoms with Gasteiger partial charge in [-0.15, -0.1) is 0 Å². The summed E-state index contributed by atoms with van der Waals surface area (Å²) in [4.78, 5) is 12.4. The number of nitrogens with one attached hydrogen (secondary N) is 1. The van der Waals surface area contributed by atoms with Crippen LogP contribution in [0.15, 0.2) is 71.6 Å². The van der Waals surface area contributed by atoms with Gasteiger partial charge in [-0.3, -0.25) is 9.10 Å². The van der Waals surface area contributed by atoms with E-state index in [2.05, 4.69) is 5.32 Å². The molecule has 3 aromatic rings. The molecule has 8 heteroatoms. The number of fused-ring (bicyclic) bond motifs is 1. The fraction of sp³-hybridized carbons (Fsp3) is 0.174. The number of anilines is 1. The SMILES string of the molecule is O=C(NCc1ccc2c(c1)N(S(=O)(=O)c1ccc(O)cc1)CCC2)c1ccc(F)cc1. The van der Waals surface area contributed by atoms with E-state index in [9.17, 15) is 22.7 Å². The number of carbonyl (C=O) groups is 1. The molecule has 3 aromatic carbocycles. The molecule has 1 amide bonds. The maximum atomic E-state index is 13.2. The number of phenols is 1. The standard InChI is InChI=1S/C23H21FN2O4S/c24-19-7-5-18(6-8-19)23(28)25-15-16-3-4-17-2-1-13-26(22(17)14-16)31(29,30)21-11-9-20(27)10-12-21/h3-12,14,27H,1-2,13,15H2,(H,25,28). The van der Waals surface area contributed by atoms with Crippen molar-refractivity contribution in [3.8, 4) is 5.75 Å². The minimum atomic E-state index is -3.79. The highest BCUT2D eigenvalue weighted by atomic mass is 32.2. The summed E-state index contributed by atoms with van der Waals surface area (Å²) < 4.78 is 40.8. The maximum absolute atomic E-state index is 13.2. The molecule has 0 radical (unpaired) electrons. The lowest BCUT2D eigenvalue weighted by molar-refractivity contribution is 0.0951. The molecule has 0 atom stereocenters. The lowest BCUT2D eigenvalue weighted by atomic mass is 10.0. The highest BCUT2D eigenvalue weighted by molar-refractivity contribution is 7.92. The van der Waals surface area contributed by atoms with Gasteiger partial charge in [0.2, 0.25) is 0 Å². The summed E-state index contributed by atoms with van der Waals surface area (Å²) in [6.45, 7) is 0.554. The van der Waals surface area contributed by atoms with Crippen LogP contribution in [0.4, 0.5) is 10.1 Å². The molecule has 4 rings (SSSR count). The number of phenolic OH excluding ortho intramolecular Hbond substituents is 1. The minimum Gasteiger partial charge on any atom is -0.508 e. The van der Waals surface area contributed by atoms with Gasteiger partial charge in [-0.1, -0.05) is 12.1 Å². The molecular formula is C23H21FN2O4S. The van der Waals surface area contributed by atoms with E-state index >= 15 is 0 Å². The quantitative estimate of drug-likeness (QED) is 0.635. The van der Waals surface area contributed by atoms with E-state index in [-0.39, 0.29) is 23.1 Å². The third kappa shape index (κ3) is 4.39. The molecule has 1 heterocycles. The summed E-state index contributed by atoms with van der Waals surface area (Å²) in [5.41, 5.74) is 2.60. The van der Waals surface area contributed by atoms with Gasteiger partial charge in [-0.05, 0) is 78.6 Å². The van der Waals surface area contributed by atoms with Crippen molar-refractivity contribution in [3.63, 3.8) is 0 Å². The molecule has 0 fully saturated rings. The van der Waals surface area contributed by atoms with Crippen LogP contribution in [0.5, 0.6) is 5.75 Å². The zero-order valence-corrected chi connectivity index (χ0v) is 17.4. The molecule has 0 unspecified atom stereocenters. The Hall–Kier alpha value is -3.39. The Morgan fingerprint density at radius 1 is 1.03 bits per heavy atom. The first-order valence-electron chi connectivity index (χ1n) is 9.82. The van der Waals surface area contributed by atoms with Crippen molar-refractivity contribution in [2.45, 2.75) is 24.3 Å². The second-order valence-corrected chi connectivity index (χ2v) is 9.19. The number of aromatic hydroxyl groups is 1. The van der Waals surface area contributed by atoms with Crippen LogP contribution in [-0.2, 0) is 23.0 Å². The fourth-order valence-corrected chi connectivity index (χ4v) is 5.11. The van der Waals surface area contributed by atoms with Crippen molar-refractivity contribution in [1.29, 1.82) is 0 Å². The summed E-state index contributed by atoms with van der Waals surface area (Å²) in [5, 5.41) is 12.2. The molecule has 160 valence electrons. The molecule has 0 aromatic heterocycles. The van der Waals surface area contributed by atoms with Crippen molar-refractivity contribution in [1.82, 2.24) is 5.32 Å². The maximum Gasteiger partial charge on any atom is 0.264 e. The van der Waals surface area contributed by atoms with Crippen LogP contribution in [0, 0.1) is 5.82 Å². The summed E-state index contributed by atoms with van der Waals surface area (Å²) in [5.74, 6) is -0.760. The summed E-state index contributed by atoms with van der Waals surface area (Å²) in [6, 6.07) is 16.2. The number of hydrogen-bond donors (Lipinski definition) is 2. The molecule has 0 bridgehead atoms. The molecule has 31 heavy (non-hydrogen) atoms. The summed E-state index contributed by atoms with van der Waals surface area (Å²) >= 11 is 0. The largest absolute Gasteiger partial charge is 0.508 e. The van der Waals surface area contributed by atoms with Crippen molar-refractivity contribution in [2.75, 3.05) is 10.8 Å². The number of aryl methyl sites for hydroxylation is 1. The van der Waals surface area contributed by atoms with Crippen molar-refractivity contribution < 1.29 is 22.7 Å². The Bertz CT molecular complexity index is 1210. The molecule has 6 nitrogen and oxygen atoms in total. The predicted molar refractivity (Wildman–Crippen MR) is 115 cm³/mol. The van der Waals surface area contributed by atoms with E-state index in [1.165, 1.54) is 52.8 Å². The van der Waals surface area contributed by atoms with E-state index in [0.717, 1.165) is 17.5 Å². The molecule has 0 spiro atoms. The molecule has 2 N–H and O–H groups in total. The second kappa shape index (κ2) is 8.39. The first-order chi connectivity index (χ1) is 14.8. The lowest BCUT2D eigenvalue weighted by Gasteiger charge is -2.31. The third-order valence-corrected chi connectivity index (χ3v) is 7.04. The zero-order chi connectivity index (χ0) is 22.0. The molecule has 0 saturated carbocycles. The van der Waals surface area contributed by atoms with Crippen molar-refractivity contribution in [2.24, 2.45) is 0 Å².